The zero-order valence-corrected chi connectivity index (χ0v) is 14.2. The Morgan fingerprint density at radius 3 is 2.29 bits per heavy atom. The molecule has 0 radical (unpaired) electrons. The molecule has 1 amide bonds. The van der Waals surface area contributed by atoms with E-state index in [2.05, 4.69) is 0 Å². The highest BCUT2D eigenvalue weighted by atomic mass is 31.2. The van der Waals surface area contributed by atoms with E-state index in [9.17, 15) is 14.3 Å². The summed E-state index contributed by atoms with van der Waals surface area (Å²) in [5.41, 5.74) is 0.837. The SMILES string of the molecule is CC(C)CC(CP(=O)(O)Cc1ccccc1)C(=O)N(C)C. The van der Waals surface area contributed by atoms with Crippen LogP contribution < -0.4 is 0 Å². The Hall–Kier alpha value is -1.12. The van der Waals surface area contributed by atoms with Crippen molar-refractivity contribution in [1.82, 2.24) is 4.90 Å². The van der Waals surface area contributed by atoms with Crippen molar-refractivity contribution >= 4 is 13.3 Å². The van der Waals surface area contributed by atoms with Gasteiger partial charge < -0.3 is 9.79 Å². The first-order chi connectivity index (χ1) is 9.71. The van der Waals surface area contributed by atoms with Crippen LogP contribution in [-0.2, 0) is 15.5 Å². The van der Waals surface area contributed by atoms with Crippen LogP contribution in [0, 0.1) is 11.8 Å². The van der Waals surface area contributed by atoms with Gasteiger partial charge in [0.15, 0.2) is 0 Å². The molecule has 0 fully saturated rings. The summed E-state index contributed by atoms with van der Waals surface area (Å²) in [4.78, 5) is 24.0. The summed E-state index contributed by atoms with van der Waals surface area (Å²) in [6.45, 7) is 4.05. The Bertz CT molecular complexity index is 500. The molecule has 21 heavy (non-hydrogen) atoms. The van der Waals surface area contributed by atoms with Crippen molar-refractivity contribution in [3.05, 3.63) is 35.9 Å². The maximum absolute atomic E-state index is 12.5. The summed E-state index contributed by atoms with van der Waals surface area (Å²) < 4.78 is 12.5. The molecule has 0 heterocycles. The molecule has 4 nitrogen and oxygen atoms in total. The van der Waals surface area contributed by atoms with Crippen LogP contribution in [0.15, 0.2) is 30.3 Å². The third-order valence-electron chi connectivity index (χ3n) is 3.32. The molecular formula is C16H26NO3P. The van der Waals surface area contributed by atoms with E-state index < -0.39 is 7.37 Å². The zero-order chi connectivity index (χ0) is 16.0. The summed E-state index contributed by atoms with van der Waals surface area (Å²) >= 11 is 0. The molecule has 0 aliphatic heterocycles. The number of amides is 1. The van der Waals surface area contributed by atoms with E-state index in [1.165, 1.54) is 4.90 Å². The fourth-order valence-electron chi connectivity index (χ4n) is 2.47. The molecule has 0 saturated carbocycles. The number of hydrogen-bond acceptors (Lipinski definition) is 2. The molecule has 2 atom stereocenters. The molecule has 1 aromatic carbocycles. The lowest BCUT2D eigenvalue weighted by Gasteiger charge is -2.24. The number of hydrogen-bond donors (Lipinski definition) is 1. The third-order valence-corrected chi connectivity index (χ3v) is 5.19. The standard InChI is InChI=1S/C16H26NO3P/c1-13(2)10-15(16(18)17(3)4)12-21(19,20)11-14-8-6-5-7-9-14/h5-9,13,15H,10-12H2,1-4H3,(H,19,20). The number of carbonyl (C=O) groups excluding carboxylic acids is 1. The Kier molecular flexibility index (Phi) is 6.63. The number of rotatable bonds is 7. The average molecular weight is 311 g/mol. The lowest BCUT2D eigenvalue weighted by molar-refractivity contribution is -0.132. The third kappa shape index (κ3) is 6.45. The van der Waals surface area contributed by atoms with Crippen LogP contribution in [0.4, 0.5) is 0 Å². The fourth-order valence-corrected chi connectivity index (χ4v) is 4.37. The molecule has 0 saturated heterocycles. The van der Waals surface area contributed by atoms with E-state index in [0.717, 1.165) is 5.56 Å². The second-order valence-electron chi connectivity index (χ2n) is 6.23. The van der Waals surface area contributed by atoms with Crippen molar-refractivity contribution in [2.45, 2.75) is 26.4 Å². The molecule has 0 spiro atoms. The van der Waals surface area contributed by atoms with Crippen molar-refractivity contribution in [3.8, 4) is 0 Å². The first-order valence-corrected chi connectivity index (χ1v) is 9.30. The van der Waals surface area contributed by atoms with E-state index >= 15 is 0 Å². The van der Waals surface area contributed by atoms with Crippen LogP contribution in [0.2, 0.25) is 0 Å². The summed E-state index contributed by atoms with van der Waals surface area (Å²) in [7, 11) is 0.0114. The van der Waals surface area contributed by atoms with Gasteiger partial charge in [0, 0.05) is 32.3 Å². The van der Waals surface area contributed by atoms with Crippen LogP contribution in [0.5, 0.6) is 0 Å². The molecule has 1 rings (SSSR count). The minimum absolute atomic E-state index is 0.0527. The average Bonchev–Trinajstić information content (AvgIpc) is 2.36. The molecule has 0 bridgehead atoms. The summed E-state index contributed by atoms with van der Waals surface area (Å²) in [6.07, 6.45) is 0.816. The summed E-state index contributed by atoms with van der Waals surface area (Å²) in [6, 6.07) is 9.27. The number of benzene rings is 1. The van der Waals surface area contributed by atoms with Crippen LogP contribution in [0.3, 0.4) is 0 Å². The molecule has 1 aromatic rings. The van der Waals surface area contributed by atoms with E-state index in [-0.39, 0.29) is 24.1 Å². The Morgan fingerprint density at radius 2 is 1.81 bits per heavy atom. The van der Waals surface area contributed by atoms with Crippen molar-refractivity contribution in [3.63, 3.8) is 0 Å². The molecule has 1 N–H and O–H groups in total. The molecule has 0 aliphatic rings. The van der Waals surface area contributed by atoms with E-state index in [1.54, 1.807) is 14.1 Å². The maximum atomic E-state index is 12.5. The van der Waals surface area contributed by atoms with Crippen LogP contribution in [0.25, 0.3) is 0 Å². The van der Waals surface area contributed by atoms with Gasteiger partial charge in [0.1, 0.15) is 0 Å². The molecule has 5 heteroatoms. The fraction of sp³-hybridized carbons (Fsp3) is 0.562. The van der Waals surface area contributed by atoms with Gasteiger partial charge in [0.2, 0.25) is 13.3 Å². The maximum Gasteiger partial charge on any atom is 0.225 e. The first-order valence-electron chi connectivity index (χ1n) is 7.27. The van der Waals surface area contributed by atoms with Gasteiger partial charge in [0.25, 0.3) is 0 Å². The van der Waals surface area contributed by atoms with E-state index in [4.69, 9.17) is 0 Å². The number of nitrogens with zero attached hydrogens (tertiary/aromatic N) is 1. The smallest absolute Gasteiger partial charge is 0.225 e. The molecule has 0 aliphatic carbocycles. The molecular weight excluding hydrogens is 285 g/mol. The Labute approximate surface area is 127 Å². The van der Waals surface area contributed by atoms with Gasteiger partial charge in [-0.05, 0) is 17.9 Å². The predicted molar refractivity (Wildman–Crippen MR) is 86.5 cm³/mol. The molecule has 118 valence electrons. The topological polar surface area (TPSA) is 57.6 Å². The quantitative estimate of drug-likeness (QED) is 0.787. The number of carbonyl (C=O) groups is 1. The van der Waals surface area contributed by atoms with Crippen molar-refractivity contribution in [1.29, 1.82) is 0 Å². The van der Waals surface area contributed by atoms with Crippen LogP contribution >= 0.6 is 7.37 Å². The van der Waals surface area contributed by atoms with Gasteiger partial charge in [-0.3, -0.25) is 9.36 Å². The highest BCUT2D eigenvalue weighted by Crippen LogP contribution is 2.47. The lowest BCUT2D eigenvalue weighted by atomic mass is 9.98. The zero-order valence-electron chi connectivity index (χ0n) is 13.3. The Morgan fingerprint density at radius 1 is 1.24 bits per heavy atom. The van der Waals surface area contributed by atoms with Gasteiger partial charge in [-0.2, -0.15) is 0 Å². The Balaban J connectivity index is 2.80. The minimum Gasteiger partial charge on any atom is -0.349 e. The molecule has 2 unspecified atom stereocenters. The molecule has 0 aromatic heterocycles. The minimum atomic E-state index is -3.37. The van der Waals surface area contributed by atoms with Gasteiger partial charge in [0.05, 0.1) is 0 Å². The highest BCUT2D eigenvalue weighted by Gasteiger charge is 2.30. The normalized spacial score (nSPS) is 15.5. The summed E-state index contributed by atoms with van der Waals surface area (Å²) in [5, 5.41) is 0. The van der Waals surface area contributed by atoms with Gasteiger partial charge in [-0.25, -0.2) is 0 Å². The lowest BCUT2D eigenvalue weighted by Crippen LogP contribution is -2.32. The largest absolute Gasteiger partial charge is 0.349 e. The van der Waals surface area contributed by atoms with Crippen molar-refractivity contribution < 1.29 is 14.3 Å². The van der Waals surface area contributed by atoms with Crippen LogP contribution in [0.1, 0.15) is 25.8 Å². The van der Waals surface area contributed by atoms with Gasteiger partial charge >= 0.3 is 0 Å². The van der Waals surface area contributed by atoms with Crippen molar-refractivity contribution in [2.75, 3.05) is 20.3 Å². The highest BCUT2D eigenvalue weighted by molar-refractivity contribution is 7.57. The predicted octanol–water partition coefficient (Wildman–Crippen LogP) is 3.21. The summed E-state index contributed by atoms with van der Waals surface area (Å²) in [5.74, 6) is -0.138. The van der Waals surface area contributed by atoms with Crippen molar-refractivity contribution in [2.24, 2.45) is 11.8 Å². The second-order valence-corrected chi connectivity index (χ2v) is 8.61. The second kappa shape index (κ2) is 7.77. The van der Waals surface area contributed by atoms with E-state index in [1.807, 2.05) is 44.2 Å². The van der Waals surface area contributed by atoms with Crippen LogP contribution in [-0.4, -0.2) is 36.0 Å². The van der Waals surface area contributed by atoms with E-state index in [0.29, 0.717) is 12.3 Å². The first kappa shape index (κ1) is 17.9. The monoisotopic (exact) mass is 311 g/mol. The van der Waals surface area contributed by atoms with Gasteiger partial charge in [-0.1, -0.05) is 44.2 Å². The van der Waals surface area contributed by atoms with Gasteiger partial charge in [-0.15, -0.1) is 0 Å².